The molecule has 0 saturated heterocycles. The van der Waals surface area contributed by atoms with Crippen molar-refractivity contribution < 1.29 is 22.6 Å². The van der Waals surface area contributed by atoms with Gasteiger partial charge in [0.25, 0.3) is 0 Å². The Hall–Kier alpha value is -1.80. The highest BCUT2D eigenvalue weighted by Crippen LogP contribution is 2.24. The normalized spacial score (nSPS) is 12.9. The standard InChI is InChI=1S/C11H17F3N4O2/c1-4-6-19-9-16-8(15-5-2)17-10(18-9)20-7(3)11(12,13)14/h7H,4-6H2,1-3H3,(H,15,16,17,18). The molecule has 20 heavy (non-hydrogen) atoms. The van der Waals surface area contributed by atoms with E-state index in [1.807, 2.05) is 6.92 Å². The lowest BCUT2D eigenvalue weighted by atomic mass is 10.4. The van der Waals surface area contributed by atoms with Crippen molar-refractivity contribution in [3.63, 3.8) is 0 Å². The second-order valence-corrected chi connectivity index (χ2v) is 3.90. The van der Waals surface area contributed by atoms with E-state index >= 15 is 0 Å². The molecular weight excluding hydrogens is 277 g/mol. The van der Waals surface area contributed by atoms with Crippen LogP contribution in [0.1, 0.15) is 27.2 Å². The highest BCUT2D eigenvalue weighted by atomic mass is 19.4. The van der Waals surface area contributed by atoms with Crippen molar-refractivity contribution in [1.82, 2.24) is 15.0 Å². The number of nitrogens with zero attached hydrogens (tertiary/aromatic N) is 3. The molecule has 114 valence electrons. The fraction of sp³-hybridized carbons (Fsp3) is 0.727. The minimum atomic E-state index is -4.49. The summed E-state index contributed by atoms with van der Waals surface area (Å²) in [6.45, 7) is 5.42. The van der Waals surface area contributed by atoms with Crippen molar-refractivity contribution in [2.24, 2.45) is 0 Å². The van der Waals surface area contributed by atoms with Crippen LogP contribution in [-0.4, -0.2) is 40.4 Å². The molecule has 0 aliphatic rings. The van der Waals surface area contributed by atoms with Gasteiger partial charge in [0.2, 0.25) is 5.95 Å². The molecule has 1 N–H and O–H groups in total. The van der Waals surface area contributed by atoms with E-state index in [2.05, 4.69) is 25.0 Å². The summed E-state index contributed by atoms with van der Waals surface area (Å²) in [6.07, 6.45) is -5.79. The van der Waals surface area contributed by atoms with E-state index in [0.29, 0.717) is 13.2 Å². The van der Waals surface area contributed by atoms with Crippen molar-refractivity contribution in [1.29, 1.82) is 0 Å². The van der Waals surface area contributed by atoms with Gasteiger partial charge in [-0.1, -0.05) is 6.92 Å². The van der Waals surface area contributed by atoms with Crippen molar-refractivity contribution in [2.45, 2.75) is 39.5 Å². The van der Waals surface area contributed by atoms with Crippen molar-refractivity contribution in [3.05, 3.63) is 0 Å². The molecule has 0 spiro atoms. The largest absolute Gasteiger partial charge is 0.463 e. The lowest BCUT2D eigenvalue weighted by molar-refractivity contribution is -0.190. The Balaban J connectivity index is 2.90. The van der Waals surface area contributed by atoms with Crippen LogP contribution in [0, 0.1) is 0 Å². The number of hydrogen-bond acceptors (Lipinski definition) is 6. The summed E-state index contributed by atoms with van der Waals surface area (Å²) in [5.74, 6) is 0.109. The highest BCUT2D eigenvalue weighted by Gasteiger charge is 2.38. The fourth-order valence-electron chi connectivity index (χ4n) is 1.11. The van der Waals surface area contributed by atoms with Crippen LogP contribution >= 0.6 is 0 Å². The molecule has 0 amide bonds. The third-order valence-corrected chi connectivity index (χ3v) is 2.11. The molecule has 9 heteroatoms. The highest BCUT2D eigenvalue weighted by molar-refractivity contribution is 5.27. The Kier molecular flexibility index (Phi) is 5.78. The van der Waals surface area contributed by atoms with E-state index in [-0.39, 0.29) is 12.0 Å². The van der Waals surface area contributed by atoms with Crippen molar-refractivity contribution >= 4 is 5.95 Å². The number of alkyl halides is 3. The minimum Gasteiger partial charge on any atom is -0.463 e. The van der Waals surface area contributed by atoms with E-state index in [0.717, 1.165) is 13.3 Å². The Bertz CT molecular complexity index is 429. The van der Waals surface area contributed by atoms with Crippen LogP contribution in [0.4, 0.5) is 19.1 Å². The molecular formula is C11H17F3N4O2. The van der Waals surface area contributed by atoms with E-state index < -0.39 is 18.3 Å². The zero-order valence-corrected chi connectivity index (χ0v) is 11.5. The first-order valence-corrected chi connectivity index (χ1v) is 6.23. The molecule has 1 aromatic heterocycles. The lowest BCUT2D eigenvalue weighted by Crippen LogP contribution is -2.32. The summed E-state index contributed by atoms with van der Waals surface area (Å²) in [6, 6.07) is -0.492. The van der Waals surface area contributed by atoms with Crippen LogP contribution in [0.25, 0.3) is 0 Å². The summed E-state index contributed by atoms with van der Waals surface area (Å²) in [4.78, 5) is 11.4. The predicted octanol–water partition coefficient (Wildman–Crippen LogP) is 2.42. The van der Waals surface area contributed by atoms with Gasteiger partial charge >= 0.3 is 18.2 Å². The van der Waals surface area contributed by atoms with Crippen LogP contribution in [0.5, 0.6) is 12.0 Å². The number of aromatic nitrogens is 3. The molecule has 0 aromatic carbocycles. The molecule has 0 fully saturated rings. The Labute approximate surface area is 114 Å². The molecule has 0 radical (unpaired) electrons. The average molecular weight is 294 g/mol. The molecule has 6 nitrogen and oxygen atoms in total. The van der Waals surface area contributed by atoms with Gasteiger partial charge in [-0.25, -0.2) is 0 Å². The van der Waals surface area contributed by atoms with Crippen LogP contribution in [0.3, 0.4) is 0 Å². The van der Waals surface area contributed by atoms with Gasteiger partial charge in [0.1, 0.15) is 0 Å². The maximum Gasteiger partial charge on any atom is 0.425 e. The molecule has 1 atom stereocenters. The fourth-order valence-corrected chi connectivity index (χ4v) is 1.11. The predicted molar refractivity (Wildman–Crippen MR) is 65.9 cm³/mol. The summed E-state index contributed by atoms with van der Waals surface area (Å²) < 4.78 is 47.2. The van der Waals surface area contributed by atoms with E-state index in [4.69, 9.17) is 4.74 Å². The zero-order chi connectivity index (χ0) is 15.2. The number of halogens is 3. The first-order chi connectivity index (χ1) is 9.36. The summed E-state index contributed by atoms with van der Waals surface area (Å²) in [5, 5.41) is 2.77. The molecule has 1 heterocycles. The quantitative estimate of drug-likeness (QED) is 0.833. The molecule has 0 aliphatic carbocycles. The second-order valence-electron chi connectivity index (χ2n) is 3.90. The topological polar surface area (TPSA) is 69.2 Å². The molecule has 0 aliphatic heterocycles. The summed E-state index contributed by atoms with van der Waals surface area (Å²) in [7, 11) is 0. The number of nitrogens with one attached hydrogen (secondary N) is 1. The summed E-state index contributed by atoms with van der Waals surface area (Å²) >= 11 is 0. The maximum atomic E-state index is 12.4. The van der Waals surface area contributed by atoms with Crippen molar-refractivity contribution in [2.75, 3.05) is 18.5 Å². The molecule has 1 aromatic rings. The third kappa shape index (κ3) is 5.06. The second kappa shape index (κ2) is 7.11. The monoisotopic (exact) mass is 294 g/mol. The maximum absolute atomic E-state index is 12.4. The van der Waals surface area contributed by atoms with Crippen LogP contribution < -0.4 is 14.8 Å². The van der Waals surface area contributed by atoms with Crippen molar-refractivity contribution in [3.8, 4) is 12.0 Å². The Morgan fingerprint density at radius 3 is 2.35 bits per heavy atom. The van der Waals surface area contributed by atoms with Crippen LogP contribution in [0.2, 0.25) is 0 Å². The zero-order valence-electron chi connectivity index (χ0n) is 11.5. The third-order valence-electron chi connectivity index (χ3n) is 2.11. The van der Waals surface area contributed by atoms with Crippen LogP contribution in [0.15, 0.2) is 0 Å². The SMILES string of the molecule is CCCOc1nc(NCC)nc(OC(C)C(F)(F)F)n1. The van der Waals surface area contributed by atoms with Gasteiger partial charge in [-0.3, -0.25) is 0 Å². The number of ether oxygens (including phenoxy) is 2. The molecule has 0 saturated carbocycles. The lowest BCUT2D eigenvalue weighted by Gasteiger charge is -2.16. The smallest absolute Gasteiger partial charge is 0.425 e. The van der Waals surface area contributed by atoms with Gasteiger partial charge in [-0.05, 0) is 20.3 Å². The first kappa shape index (κ1) is 16.3. The van der Waals surface area contributed by atoms with Gasteiger partial charge in [-0.15, -0.1) is 4.98 Å². The molecule has 0 bridgehead atoms. The van der Waals surface area contributed by atoms with Gasteiger partial charge in [0.15, 0.2) is 6.10 Å². The van der Waals surface area contributed by atoms with Gasteiger partial charge in [0.05, 0.1) is 6.61 Å². The number of anilines is 1. The molecule has 1 rings (SSSR count). The summed E-state index contributed by atoms with van der Waals surface area (Å²) in [5.41, 5.74) is 0. The van der Waals surface area contributed by atoms with Gasteiger partial charge in [0, 0.05) is 6.54 Å². The van der Waals surface area contributed by atoms with Gasteiger partial charge < -0.3 is 14.8 Å². The van der Waals surface area contributed by atoms with E-state index in [1.165, 1.54) is 0 Å². The number of rotatable bonds is 7. The minimum absolute atomic E-state index is 0.0674. The van der Waals surface area contributed by atoms with E-state index in [1.54, 1.807) is 6.92 Å². The average Bonchev–Trinajstić information content (AvgIpc) is 2.35. The van der Waals surface area contributed by atoms with E-state index in [9.17, 15) is 13.2 Å². The molecule has 1 unspecified atom stereocenters. The van der Waals surface area contributed by atoms with Gasteiger partial charge in [-0.2, -0.15) is 23.1 Å². The first-order valence-electron chi connectivity index (χ1n) is 6.23. The Morgan fingerprint density at radius 2 is 1.80 bits per heavy atom. The number of hydrogen-bond donors (Lipinski definition) is 1. The van der Waals surface area contributed by atoms with Crippen LogP contribution in [-0.2, 0) is 0 Å². The Morgan fingerprint density at radius 1 is 1.15 bits per heavy atom.